The standard InChI is InChI=1S/C11H5F3N2O3/c12-11(13,14)16-10-6(2-1-3-7(10)19-16)15-8(17)4-5-9(15)18/h1-5H. The molecule has 0 saturated carbocycles. The number of carbonyl (C=O) groups is 2. The van der Waals surface area contributed by atoms with E-state index in [1.807, 2.05) is 0 Å². The molecule has 2 amide bonds. The normalized spacial score (nSPS) is 16.1. The van der Waals surface area contributed by atoms with Gasteiger partial charge in [-0.25, -0.2) is 4.90 Å². The van der Waals surface area contributed by atoms with Gasteiger partial charge in [-0.3, -0.25) is 9.59 Å². The Balaban J connectivity index is 2.20. The summed E-state index contributed by atoms with van der Waals surface area (Å²) in [5.41, 5.74) is -0.538. The Morgan fingerprint density at radius 1 is 1.05 bits per heavy atom. The van der Waals surface area contributed by atoms with E-state index in [2.05, 4.69) is 4.52 Å². The average molecular weight is 270 g/mol. The van der Waals surface area contributed by atoms with Crippen molar-refractivity contribution in [3.05, 3.63) is 30.4 Å². The lowest BCUT2D eigenvalue weighted by Gasteiger charge is -2.22. The summed E-state index contributed by atoms with van der Waals surface area (Å²) >= 11 is 0. The van der Waals surface area contributed by atoms with Crippen molar-refractivity contribution >= 4 is 28.6 Å². The summed E-state index contributed by atoms with van der Waals surface area (Å²) in [6.45, 7) is 0. The average Bonchev–Trinajstić information content (AvgIpc) is 2.58. The van der Waals surface area contributed by atoms with Crippen LogP contribution in [0.4, 0.5) is 18.9 Å². The summed E-state index contributed by atoms with van der Waals surface area (Å²) in [5, 5.41) is 0. The molecule has 0 N–H and O–H groups in total. The van der Waals surface area contributed by atoms with Crippen LogP contribution in [0.1, 0.15) is 0 Å². The number of anilines is 1. The molecule has 0 fully saturated rings. The summed E-state index contributed by atoms with van der Waals surface area (Å²) in [6.07, 6.45) is -2.75. The fourth-order valence-corrected chi connectivity index (χ4v) is 1.89. The molecule has 1 aliphatic rings. The monoisotopic (exact) mass is 270 g/mol. The molecule has 1 aliphatic heterocycles. The van der Waals surface area contributed by atoms with Gasteiger partial charge in [0.05, 0.1) is 5.69 Å². The van der Waals surface area contributed by atoms with Gasteiger partial charge >= 0.3 is 6.30 Å². The Labute approximate surface area is 103 Å². The number of para-hydroxylation sites is 1. The molecule has 98 valence electrons. The number of carbonyl (C=O) groups excluding carboxylic acids is 2. The molecule has 0 radical (unpaired) electrons. The second kappa shape index (κ2) is 3.50. The fraction of sp³-hybridized carbons (Fsp3) is 0.0909. The van der Waals surface area contributed by atoms with Gasteiger partial charge in [-0.05, 0) is 12.1 Å². The number of rotatable bonds is 1. The van der Waals surface area contributed by atoms with Crippen LogP contribution in [0, 0.1) is 0 Å². The molecular formula is C11H5F3N2O3. The molecule has 0 unspecified atom stereocenters. The van der Waals surface area contributed by atoms with Crippen LogP contribution in [-0.2, 0) is 15.9 Å². The molecule has 5 nitrogen and oxygen atoms in total. The van der Waals surface area contributed by atoms with Gasteiger partial charge in [-0.15, -0.1) is 17.9 Å². The Bertz CT molecular complexity index is 705. The Kier molecular flexibility index (Phi) is 2.13. The van der Waals surface area contributed by atoms with Crippen molar-refractivity contribution in [1.29, 1.82) is 0 Å². The van der Waals surface area contributed by atoms with Crippen molar-refractivity contribution in [2.24, 2.45) is 0 Å². The zero-order chi connectivity index (χ0) is 13.8. The van der Waals surface area contributed by atoms with Crippen LogP contribution in [0.15, 0.2) is 34.9 Å². The van der Waals surface area contributed by atoms with Crippen molar-refractivity contribution in [2.75, 3.05) is 4.90 Å². The first-order valence-electron chi connectivity index (χ1n) is 5.13. The highest BCUT2D eigenvalue weighted by Crippen LogP contribution is 2.37. The molecule has 0 aliphatic carbocycles. The molecule has 3 rings (SSSR count). The van der Waals surface area contributed by atoms with Crippen LogP contribution >= 0.6 is 0 Å². The van der Waals surface area contributed by atoms with Crippen LogP contribution in [-0.4, -0.2) is 16.6 Å². The molecule has 0 bridgehead atoms. The third kappa shape index (κ3) is 1.56. The van der Waals surface area contributed by atoms with Crippen LogP contribution in [0.5, 0.6) is 0 Å². The Morgan fingerprint density at radius 3 is 2.26 bits per heavy atom. The Hall–Kier alpha value is -2.51. The zero-order valence-electron chi connectivity index (χ0n) is 9.14. The second-order valence-electron chi connectivity index (χ2n) is 3.82. The molecule has 0 spiro atoms. The van der Waals surface area contributed by atoms with Gasteiger partial charge in [0, 0.05) is 12.2 Å². The third-order valence-electron chi connectivity index (χ3n) is 2.65. The molecule has 19 heavy (non-hydrogen) atoms. The van der Waals surface area contributed by atoms with Crippen molar-refractivity contribution in [2.45, 2.75) is 6.30 Å². The third-order valence-corrected chi connectivity index (χ3v) is 2.65. The van der Waals surface area contributed by atoms with E-state index in [-0.39, 0.29) is 21.5 Å². The highest BCUT2D eigenvalue weighted by atomic mass is 19.4. The predicted molar refractivity (Wildman–Crippen MR) is 57.1 cm³/mol. The van der Waals surface area contributed by atoms with Crippen molar-refractivity contribution in [3.8, 4) is 0 Å². The molecule has 8 heteroatoms. The van der Waals surface area contributed by atoms with Gasteiger partial charge in [0.15, 0.2) is 11.1 Å². The molecule has 2 heterocycles. The number of fused-ring (bicyclic) bond motifs is 1. The smallest absolute Gasteiger partial charge is 0.369 e. The van der Waals surface area contributed by atoms with Gasteiger partial charge in [0.25, 0.3) is 11.8 Å². The van der Waals surface area contributed by atoms with E-state index in [0.29, 0.717) is 4.90 Å². The number of imide groups is 1. The van der Waals surface area contributed by atoms with Crippen LogP contribution < -0.4 is 4.90 Å². The molecule has 1 aromatic carbocycles. The van der Waals surface area contributed by atoms with Gasteiger partial charge in [-0.1, -0.05) is 6.07 Å². The minimum absolute atomic E-state index is 0.0395. The highest BCUT2D eigenvalue weighted by Gasteiger charge is 2.39. The summed E-state index contributed by atoms with van der Waals surface area (Å²) < 4.78 is 42.1. The van der Waals surface area contributed by atoms with Crippen LogP contribution in [0.2, 0.25) is 0 Å². The van der Waals surface area contributed by atoms with E-state index in [9.17, 15) is 22.8 Å². The van der Waals surface area contributed by atoms with Gasteiger partial charge in [0.2, 0.25) is 0 Å². The first kappa shape index (κ1) is 11.6. The quantitative estimate of drug-likeness (QED) is 0.746. The number of hydrogen-bond acceptors (Lipinski definition) is 3. The summed E-state index contributed by atoms with van der Waals surface area (Å²) in [5.74, 6) is -1.38. The number of amides is 2. The minimum atomic E-state index is -4.75. The van der Waals surface area contributed by atoms with Crippen molar-refractivity contribution in [1.82, 2.24) is 4.74 Å². The lowest BCUT2D eigenvalue weighted by molar-refractivity contribution is -0.241. The minimum Gasteiger partial charge on any atom is -0.369 e. The lowest BCUT2D eigenvalue weighted by Crippen LogP contribution is -2.31. The number of nitrogens with zero attached hydrogens (tertiary/aromatic N) is 2. The van der Waals surface area contributed by atoms with E-state index < -0.39 is 18.1 Å². The largest absolute Gasteiger partial charge is 0.517 e. The van der Waals surface area contributed by atoms with Gasteiger partial charge < -0.3 is 4.52 Å². The molecule has 0 atom stereocenters. The fourth-order valence-electron chi connectivity index (χ4n) is 1.89. The SMILES string of the molecule is O=C1C=CC(=O)N1c1cccc2on(C(F)(F)F)c12. The van der Waals surface area contributed by atoms with E-state index in [1.54, 1.807) is 0 Å². The van der Waals surface area contributed by atoms with E-state index in [4.69, 9.17) is 0 Å². The number of alkyl halides is 3. The maximum atomic E-state index is 12.6. The van der Waals surface area contributed by atoms with Crippen LogP contribution in [0.25, 0.3) is 11.1 Å². The number of aromatic nitrogens is 1. The van der Waals surface area contributed by atoms with Crippen molar-refractivity contribution in [3.63, 3.8) is 0 Å². The highest BCUT2D eigenvalue weighted by molar-refractivity contribution is 6.29. The molecular weight excluding hydrogens is 265 g/mol. The Morgan fingerprint density at radius 2 is 1.68 bits per heavy atom. The van der Waals surface area contributed by atoms with Gasteiger partial charge in [0.1, 0.15) is 0 Å². The maximum absolute atomic E-state index is 12.6. The predicted octanol–water partition coefficient (Wildman–Crippen LogP) is 2.14. The number of benzene rings is 1. The van der Waals surface area contributed by atoms with E-state index in [0.717, 1.165) is 12.2 Å². The zero-order valence-corrected chi connectivity index (χ0v) is 9.14. The summed E-state index contributed by atoms with van der Waals surface area (Å²) in [6, 6.07) is 3.98. The summed E-state index contributed by atoms with van der Waals surface area (Å²) in [4.78, 5) is 23.7. The lowest BCUT2D eigenvalue weighted by atomic mass is 10.2. The van der Waals surface area contributed by atoms with Crippen molar-refractivity contribution < 1.29 is 27.3 Å². The molecule has 0 saturated heterocycles. The van der Waals surface area contributed by atoms with E-state index in [1.165, 1.54) is 18.2 Å². The van der Waals surface area contributed by atoms with E-state index >= 15 is 0 Å². The number of hydrogen-bond donors (Lipinski definition) is 0. The van der Waals surface area contributed by atoms with Gasteiger partial charge in [-0.2, -0.15) is 0 Å². The number of halogens is 3. The molecule has 2 aromatic rings. The maximum Gasteiger partial charge on any atom is 0.517 e. The first-order valence-corrected chi connectivity index (χ1v) is 5.13. The summed E-state index contributed by atoms with van der Waals surface area (Å²) in [7, 11) is 0. The second-order valence-corrected chi connectivity index (χ2v) is 3.82. The first-order chi connectivity index (χ1) is 8.89. The molecule has 1 aromatic heterocycles. The van der Waals surface area contributed by atoms with Crippen LogP contribution in [0.3, 0.4) is 0 Å². The topological polar surface area (TPSA) is 55.5 Å².